The van der Waals surface area contributed by atoms with Crippen LogP contribution < -0.4 is 10.6 Å². The maximum absolute atomic E-state index is 14.6. The van der Waals surface area contributed by atoms with Gasteiger partial charge in [0.15, 0.2) is 0 Å². The van der Waals surface area contributed by atoms with Crippen LogP contribution in [0.1, 0.15) is 84.5 Å². The summed E-state index contributed by atoms with van der Waals surface area (Å²) in [6, 6.07) is 17.7. The van der Waals surface area contributed by atoms with Gasteiger partial charge in [-0.25, -0.2) is 4.79 Å². The summed E-state index contributed by atoms with van der Waals surface area (Å²) in [5, 5.41) is 7.96. The van der Waals surface area contributed by atoms with E-state index in [4.69, 9.17) is 4.74 Å². The van der Waals surface area contributed by atoms with Crippen LogP contribution in [0.15, 0.2) is 60.7 Å². The van der Waals surface area contributed by atoms with Crippen molar-refractivity contribution < 1.29 is 19.1 Å². The van der Waals surface area contributed by atoms with Crippen molar-refractivity contribution in [2.75, 3.05) is 5.32 Å². The van der Waals surface area contributed by atoms with Gasteiger partial charge in [-0.3, -0.25) is 9.59 Å². The summed E-state index contributed by atoms with van der Waals surface area (Å²) in [5.74, 6) is -0.938. The highest BCUT2D eigenvalue weighted by Crippen LogP contribution is 2.34. The lowest BCUT2D eigenvalue weighted by Crippen LogP contribution is -2.60. The molecule has 3 aromatic carbocycles. The molecule has 3 rings (SSSR count). The third-order valence-corrected chi connectivity index (χ3v) is 7.73. The molecule has 3 aromatic rings. The first-order valence-corrected chi connectivity index (χ1v) is 14.7. The van der Waals surface area contributed by atoms with Crippen LogP contribution in [-0.2, 0) is 14.3 Å². The van der Waals surface area contributed by atoms with Gasteiger partial charge < -0.3 is 20.3 Å². The van der Waals surface area contributed by atoms with Crippen molar-refractivity contribution >= 4 is 34.4 Å². The second kappa shape index (κ2) is 13.0. The zero-order valence-electron chi connectivity index (χ0n) is 26.8. The predicted octanol–water partition coefficient (Wildman–Crippen LogP) is 7.70. The minimum Gasteiger partial charge on any atom is -0.444 e. The molecule has 3 amide bonds. The first-order valence-electron chi connectivity index (χ1n) is 14.7. The number of carbonyl (C=O) groups is 3. The fourth-order valence-electron chi connectivity index (χ4n) is 4.87. The third kappa shape index (κ3) is 7.90. The van der Waals surface area contributed by atoms with Crippen LogP contribution in [-0.4, -0.2) is 40.0 Å². The SMILES string of the molecule is CCC(C)(C)N(C(=O)C(NC(=O)OC(C)(C)C)C(C)C)C(C(=O)Nc1ccc2ccccc2c1)c1ccc(C)c(C)c1. The lowest BCUT2D eigenvalue weighted by atomic mass is 9.89. The molecule has 0 aromatic heterocycles. The molecule has 0 aliphatic heterocycles. The second-order valence-corrected chi connectivity index (χ2v) is 13.0. The fourth-order valence-corrected chi connectivity index (χ4v) is 4.87. The Bertz CT molecular complexity index is 1440. The van der Waals surface area contributed by atoms with Gasteiger partial charge in [-0.15, -0.1) is 0 Å². The van der Waals surface area contributed by atoms with Crippen molar-refractivity contribution in [3.8, 4) is 0 Å². The molecule has 0 radical (unpaired) electrons. The maximum atomic E-state index is 14.6. The molecule has 42 heavy (non-hydrogen) atoms. The van der Waals surface area contributed by atoms with Crippen molar-refractivity contribution in [3.05, 3.63) is 77.4 Å². The Balaban J connectivity index is 2.12. The molecule has 0 bridgehead atoms. The number of rotatable bonds is 9. The van der Waals surface area contributed by atoms with Gasteiger partial charge in [0.05, 0.1) is 0 Å². The molecule has 0 saturated heterocycles. The van der Waals surface area contributed by atoms with E-state index < -0.39 is 29.3 Å². The summed E-state index contributed by atoms with van der Waals surface area (Å²) >= 11 is 0. The predicted molar refractivity (Wildman–Crippen MR) is 170 cm³/mol. The van der Waals surface area contributed by atoms with Crippen molar-refractivity contribution in [3.63, 3.8) is 0 Å². The number of amides is 3. The summed E-state index contributed by atoms with van der Waals surface area (Å²) < 4.78 is 5.50. The fraction of sp³-hybridized carbons (Fsp3) is 0.457. The largest absolute Gasteiger partial charge is 0.444 e. The second-order valence-electron chi connectivity index (χ2n) is 13.0. The van der Waals surface area contributed by atoms with E-state index in [9.17, 15) is 14.4 Å². The zero-order valence-corrected chi connectivity index (χ0v) is 26.8. The van der Waals surface area contributed by atoms with Gasteiger partial charge in [-0.1, -0.05) is 69.3 Å². The van der Waals surface area contributed by atoms with Gasteiger partial charge in [0.25, 0.3) is 5.91 Å². The highest BCUT2D eigenvalue weighted by atomic mass is 16.6. The summed E-state index contributed by atoms with van der Waals surface area (Å²) in [6.07, 6.45) is -0.0900. The molecule has 0 heterocycles. The minimum absolute atomic E-state index is 0.260. The standard InChI is InChI=1S/C35H47N3O4/c1-11-35(9,10)38(32(40)29(22(2)3)37-33(41)42-34(6,7)8)30(27-17-16-23(4)24(5)20-27)31(39)36-28-19-18-25-14-12-13-15-26(25)21-28/h12-22,29-30H,11H2,1-10H3,(H,36,39)(H,37,41). The Morgan fingerprint density at radius 1 is 0.857 bits per heavy atom. The monoisotopic (exact) mass is 573 g/mol. The van der Waals surface area contributed by atoms with E-state index in [1.807, 2.05) is 109 Å². The molecule has 0 spiro atoms. The van der Waals surface area contributed by atoms with Crippen LogP contribution in [0.4, 0.5) is 10.5 Å². The molecule has 0 fully saturated rings. The van der Waals surface area contributed by atoms with E-state index in [1.54, 1.807) is 25.7 Å². The number of alkyl carbamates (subject to hydrolysis) is 1. The number of nitrogens with one attached hydrogen (secondary N) is 2. The molecule has 2 N–H and O–H groups in total. The number of anilines is 1. The molecular weight excluding hydrogens is 526 g/mol. The average Bonchev–Trinajstić information content (AvgIpc) is 2.90. The molecule has 2 unspecified atom stereocenters. The number of ether oxygens (including phenoxy) is 1. The highest BCUT2D eigenvalue weighted by Gasteiger charge is 2.44. The van der Waals surface area contributed by atoms with Gasteiger partial charge in [-0.2, -0.15) is 0 Å². The smallest absolute Gasteiger partial charge is 0.408 e. The van der Waals surface area contributed by atoms with Crippen LogP contribution in [0.2, 0.25) is 0 Å². The number of fused-ring (bicyclic) bond motifs is 1. The molecular formula is C35H47N3O4. The Morgan fingerprint density at radius 2 is 1.50 bits per heavy atom. The van der Waals surface area contributed by atoms with Crippen molar-refractivity contribution in [2.24, 2.45) is 5.92 Å². The van der Waals surface area contributed by atoms with E-state index >= 15 is 0 Å². The van der Waals surface area contributed by atoms with Gasteiger partial charge >= 0.3 is 6.09 Å². The molecule has 226 valence electrons. The van der Waals surface area contributed by atoms with Gasteiger partial charge in [0.2, 0.25) is 5.91 Å². The van der Waals surface area contributed by atoms with E-state index in [0.29, 0.717) is 17.7 Å². The Morgan fingerprint density at radius 3 is 2.07 bits per heavy atom. The number of aryl methyl sites for hydroxylation is 2. The normalized spacial score (nSPS) is 13.4. The lowest BCUT2D eigenvalue weighted by molar-refractivity contribution is -0.148. The van der Waals surface area contributed by atoms with Crippen LogP contribution >= 0.6 is 0 Å². The van der Waals surface area contributed by atoms with E-state index in [0.717, 1.165) is 21.9 Å². The summed E-state index contributed by atoms with van der Waals surface area (Å²) in [7, 11) is 0. The number of benzene rings is 3. The van der Waals surface area contributed by atoms with Crippen LogP contribution in [0.3, 0.4) is 0 Å². The van der Waals surface area contributed by atoms with Crippen molar-refractivity contribution in [1.82, 2.24) is 10.2 Å². The lowest BCUT2D eigenvalue weighted by Gasteiger charge is -2.45. The molecule has 0 aliphatic carbocycles. The zero-order chi connectivity index (χ0) is 31.4. The Hall–Kier alpha value is -3.87. The summed E-state index contributed by atoms with van der Waals surface area (Å²) in [6.45, 7) is 19.0. The van der Waals surface area contributed by atoms with Crippen LogP contribution in [0.5, 0.6) is 0 Å². The Kier molecular flexibility index (Phi) is 10.1. The average molecular weight is 574 g/mol. The van der Waals surface area contributed by atoms with Crippen molar-refractivity contribution in [1.29, 1.82) is 0 Å². The third-order valence-electron chi connectivity index (χ3n) is 7.73. The van der Waals surface area contributed by atoms with Gasteiger partial charge in [-0.05, 0) is 100 Å². The quantitative estimate of drug-likeness (QED) is 0.275. The molecule has 0 aliphatic rings. The van der Waals surface area contributed by atoms with E-state index in [1.165, 1.54) is 0 Å². The number of hydrogen-bond acceptors (Lipinski definition) is 4. The van der Waals surface area contributed by atoms with Crippen LogP contribution in [0, 0.1) is 19.8 Å². The number of hydrogen-bond donors (Lipinski definition) is 2. The Labute approximate surface area is 251 Å². The van der Waals surface area contributed by atoms with Crippen molar-refractivity contribution in [2.45, 2.75) is 98.9 Å². The highest BCUT2D eigenvalue weighted by molar-refractivity contribution is 6.00. The number of nitrogens with zero attached hydrogens (tertiary/aromatic N) is 1. The summed E-state index contributed by atoms with van der Waals surface area (Å²) in [4.78, 5) is 43.4. The molecule has 7 nitrogen and oxygen atoms in total. The minimum atomic E-state index is -0.958. The molecule has 0 saturated carbocycles. The maximum Gasteiger partial charge on any atom is 0.408 e. The van der Waals surface area contributed by atoms with E-state index in [-0.39, 0.29) is 17.7 Å². The topological polar surface area (TPSA) is 87.7 Å². The van der Waals surface area contributed by atoms with Gasteiger partial charge in [0, 0.05) is 11.2 Å². The first kappa shape index (κ1) is 32.6. The molecule has 2 atom stereocenters. The first-order chi connectivity index (χ1) is 19.5. The van der Waals surface area contributed by atoms with Gasteiger partial charge in [0.1, 0.15) is 17.7 Å². The van der Waals surface area contributed by atoms with E-state index in [2.05, 4.69) is 10.6 Å². The number of carbonyl (C=O) groups excluding carboxylic acids is 3. The van der Waals surface area contributed by atoms with Crippen LogP contribution in [0.25, 0.3) is 10.8 Å². The molecule has 7 heteroatoms. The summed E-state index contributed by atoms with van der Waals surface area (Å²) in [5.41, 5.74) is 1.99.